The summed E-state index contributed by atoms with van der Waals surface area (Å²) in [6, 6.07) is 3.45. The smallest absolute Gasteiger partial charge is 0.325 e. The van der Waals surface area contributed by atoms with Gasteiger partial charge in [-0.25, -0.2) is 0 Å². The second kappa shape index (κ2) is 5.36. The van der Waals surface area contributed by atoms with E-state index in [1.54, 1.807) is 18.2 Å². The molecule has 1 aliphatic rings. The topological polar surface area (TPSA) is 59.8 Å². The van der Waals surface area contributed by atoms with Crippen LogP contribution in [-0.2, 0) is 14.3 Å². The Kier molecular flexibility index (Phi) is 3.83. The van der Waals surface area contributed by atoms with Crippen molar-refractivity contribution < 1.29 is 18.7 Å². The van der Waals surface area contributed by atoms with Crippen molar-refractivity contribution in [1.82, 2.24) is 4.90 Å². The standard InChI is InChI=1S/C11H9NO4S2/c1-15-9(13)6-12-10(14)8(18-11(12)17)5-7-3-2-4-16-7/h2-5H,6H2,1H3/b8-5+. The van der Waals surface area contributed by atoms with Crippen LogP contribution in [-0.4, -0.2) is 34.8 Å². The van der Waals surface area contributed by atoms with Crippen LogP contribution in [0.5, 0.6) is 0 Å². The highest BCUT2D eigenvalue weighted by molar-refractivity contribution is 8.26. The summed E-state index contributed by atoms with van der Waals surface area (Å²) in [6.45, 7) is -0.170. The summed E-state index contributed by atoms with van der Waals surface area (Å²) in [4.78, 5) is 24.8. The summed E-state index contributed by atoms with van der Waals surface area (Å²) in [7, 11) is 1.26. The van der Waals surface area contributed by atoms with Gasteiger partial charge < -0.3 is 9.15 Å². The zero-order valence-corrected chi connectivity index (χ0v) is 11.0. The molecule has 0 N–H and O–H groups in total. The number of ether oxygens (including phenoxy) is 1. The van der Waals surface area contributed by atoms with Crippen LogP contribution in [0.2, 0.25) is 0 Å². The van der Waals surface area contributed by atoms with Gasteiger partial charge in [-0.05, 0) is 12.1 Å². The number of thioether (sulfide) groups is 1. The van der Waals surface area contributed by atoms with Crippen molar-refractivity contribution in [3.63, 3.8) is 0 Å². The number of amides is 1. The summed E-state index contributed by atoms with van der Waals surface area (Å²) in [6.07, 6.45) is 3.11. The number of nitrogens with zero attached hydrogens (tertiary/aromatic N) is 1. The first-order valence-corrected chi connectivity index (χ1v) is 6.20. The minimum absolute atomic E-state index is 0.170. The predicted molar refractivity (Wildman–Crippen MR) is 70.6 cm³/mol. The van der Waals surface area contributed by atoms with Crippen LogP contribution in [0.3, 0.4) is 0 Å². The molecule has 0 radical (unpaired) electrons. The molecular formula is C11H9NO4S2. The number of carbonyl (C=O) groups is 2. The van der Waals surface area contributed by atoms with E-state index in [9.17, 15) is 9.59 Å². The fraction of sp³-hybridized carbons (Fsp3) is 0.182. The van der Waals surface area contributed by atoms with E-state index < -0.39 is 5.97 Å². The molecule has 0 saturated carbocycles. The molecule has 0 aromatic carbocycles. The molecule has 1 aromatic heterocycles. The fourth-order valence-corrected chi connectivity index (χ4v) is 2.57. The molecule has 0 aliphatic carbocycles. The van der Waals surface area contributed by atoms with Crippen LogP contribution in [0.25, 0.3) is 6.08 Å². The lowest BCUT2D eigenvalue weighted by molar-refractivity contribution is -0.143. The summed E-state index contributed by atoms with van der Waals surface area (Å²) >= 11 is 6.18. The Morgan fingerprint density at radius 3 is 3.06 bits per heavy atom. The molecule has 1 aromatic rings. The Labute approximate surface area is 113 Å². The SMILES string of the molecule is COC(=O)CN1C(=O)/C(=C\c2ccco2)SC1=S. The van der Waals surface area contributed by atoms with E-state index in [1.807, 2.05) is 0 Å². The summed E-state index contributed by atoms with van der Waals surface area (Å²) < 4.78 is 9.97. The number of hydrogen-bond acceptors (Lipinski definition) is 6. The quantitative estimate of drug-likeness (QED) is 0.477. The molecule has 0 atom stereocenters. The molecular weight excluding hydrogens is 274 g/mol. The average molecular weight is 283 g/mol. The van der Waals surface area contributed by atoms with Crippen molar-refractivity contribution in [2.24, 2.45) is 0 Å². The molecule has 94 valence electrons. The maximum atomic E-state index is 12.0. The van der Waals surface area contributed by atoms with Gasteiger partial charge in [0.2, 0.25) is 0 Å². The van der Waals surface area contributed by atoms with Crippen LogP contribution in [0.15, 0.2) is 27.7 Å². The van der Waals surface area contributed by atoms with Crippen molar-refractivity contribution in [3.05, 3.63) is 29.1 Å². The highest BCUT2D eigenvalue weighted by atomic mass is 32.2. The molecule has 5 nitrogen and oxygen atoms in total. The highest BCUT2D eigenvalue weighted by Crippen LogP contribution is 2.32. The third kappa shape index (κ3) is 2.62. The first-order valence-electron chi connectivity index (χ1n) is 4.97. The lowest BCUT2D eigenvalue weighted by atomic mass is 10.3. The lowest BCUT2D eigenvalue weighted by Gasteiger charge is -2.11. The molecule has 1 saturated heterocycles. The number of hydrogen-bond donors (Lipinski definition) is 0. The molecule has 0 spiro atoms. The third-order valence-electron chi connectivity index (χ3n) is 2.21. The molecule has 7 heteroatoms. The van der Waals surface area contributed by atoms with E-state index in [0.29, 0.717) is 15.0 Å². The number of methoxy groups -OCH3 is 1. The second-order valence-electron chi connectivity index (χ2n) is 3.36. The van der Waals surface area contributed by atoms with Gasteiger partial charge in [0.25, 0.3) is 5.91 Å². The molecule has 0 unspecified atom stereocenters. The van der Waals surface area contributed by atoms with Crippen molar-refractivity contribution in [2.75, 3.05) is 13.7 Å². The number of esters is 1. The van der Waals surface area contributed by atoms with E-state index in [-0.39, 0.29) is 12.5 Å². The van der Waals surface area contributed by atoms with E-state index in [2.05, 4.69) is 4.74 Å². The van der Waals surface area contributed by atoms with Crippen molar-refractivity contribution in [1.29, 1.82) is 0 Å². The van der Waals surface area contributed by atoms with Crippen molar-refractivity contribution in [2.45, 2.75) is 0 Å². The minimum atomic E-state index is -0.509. The number of furan rings is 1. The highest BCUT2D eigenvalue weighted by Gasteiger charge is 2.33. The number of thiocarbonyl (C=S) groups is 1. The molecule has 0 bridgehead atoms. The van der Waals surface area contributed by atoms with E-state index in [4.69, 9.17) is 16.6 Å². The van der Waals surface area contributed by atoms with Gasteiger partial charge in [-0.15, -0.1) is 0 Å². The van der Waals surface area contributed by atoms with Crippen molar-refractivity contribution >= 4 is 46.3 Å². The zero-order chi connectivity index (χ0) is 13.1. The summed E-state index contributed by atoms with van der Waals surface area (Å²) in [5.41, 5.74) is 0. The third-order valence-corrected chi connectivity index (χ3v) is 3.58. The van der Waals surface area contributed by atoms with Crippen LogP contribution in [0.1, 0.15) is 5.76 Å². The number of carbonyl (C=O) groups excluding carboxylic acids is 2. The monoisotopic (exact) mass is 283 g/mol. The largest absolute Gasteiger partial charge is 0.468 e. The Morgan fingerprint density at radius 1 is 1.67 bits per heavy atom. The molecule has 1 aliphatic heterocycles. The van der Waals surface area contributed by atoms with E-state index in [1.165, 1.54) is 18.3 Å². The van der Waals surface area contributed by atoms with Crippen LogP contribution < -0.4 is 0 Å². The van der Waals surface area contributed by atoms with E-state index >= 15 is 0 Å². The molecule has 1 fully saturated rings. The van der Waals surface area contributed by atoms with Crippen LogP contribution >= 0.6 is 24.0 Å². The van der Waals surface area contributed by atoms with Crippen LogP contribution in [0, 0.1) is 0 Å². The Morgan fingerprint density at radius 2 is 2.44 bits per heavy atom. The zero-order valence-electron chi connectivity index (χ0n) is 9.41. The van der Waals surface area contributed by atoms with Gasteiger partial charge in [-0.2, -0.15) is 0 Å². The predicted octanol–water partition coefficient (Wildman–Crippen LogP) is 1.65. The Bertz CT molecular complexity index is 521. The summed E-state index contributed by atoms with van der Waals surface area (Å²) in [5, 5.41) is 0. The molecule has 1 amide bonds. The van der Waals surface area contributed by atoms with Crippen LogP contribution in [0.4, 0.5) is 0 Å². The lowest BCUT2D eigenvalue weighted by Crippen LogP contribution is -2.33. The average Bonchev–Trinajstić information content (AvgIpc) is 2.94. The minimum Gasteiger partial charge on any atom is -0.468 e. The van der Waals surface area contributed by atoms with Gasteiger partial charge in [0.15, 0.2) is 0 Å². The maximum Gasteiger partial charge on any atom is 0.325 e. The first-order chi connectivity index (χ1) is 8.61. The molecule has 2 heterocycles. The fourth-order valence-electron chi connectivity index (χ4n) is 1.33. The molecule has 18 heavy (non-hydrogen) atoms. The van der Waals surface area contributed by atoms with Gasteiger partial charge in [0, 0.05) is 6.08 Å². The van der Waals surface area contributed by atoms with Gasteiger partial charge in [0.05, 0.1) is 18.3 Å². The molecule has 2 rings (SSSR count). The van der Waals surface area contributed by atoms with Gasteiger partial charge in [-0.1, -0.05) is 24.0 Å². The first kappa shape index (κ1) is 12.8. The number of rotatable bonds is 3. The van der Waals surface area contributed by atoms with Gasteiger partial charge in [-0.3, -0.25) is 14.5 Å². The van der Waals surface area contributed by atoms with Gasteiger partial charge >= 0.3 is 5.97 Å². The Hall–Kier alpha value is -1.60. The normalized spacial score (nSPS) is 17.6. The van der Waals surface area contributed by atoms with Gasteiger partial charge in [0.1, 0.15) is 16.6 Å². The maximum absolute atomic E-state index is 12.0. The van der Waals surface area contributed by atoms with E-state index in [0.717, 1.165) is 11.8 Å². The summed E-state index contributed by atoms with van der Waals surface area (Å²) in [5.74, 6) is -0.258. The second-order valence-corrected chi connectivity index (χ2v) is 5.04. The Balaban J connectivity index is 2.16. The van der Waals surface area contributed by atoms with Crippen molar-refractivity contribution in [3.8, 4) is 0 Å².